The van der Waals surface area contributed by atoms with Crippen molar-refractivity contribution in [3.05, 3.63) is 51.9 Å². The molecule has 0 spiro atoms. The lowest BCUT2D eigenvalue weighted by Crippen LogP contribution is -2.04. The fourth-order valence-electron chi connectivity index (χ4n) is 1.69. The molecule has 17 heavy (non-hydrogen) atoms. The van der Waals surface area contributed by atoms with Crippen LogP contribution in [-0.2, 0) is 0 Å². The molecule has 3 aromatic rings. The van der Waals surface area contributed by atoms with Gasteiger partial charge in [-0.2, -0.15) is 0 Å². The Bertz CT molecular complexity index is 746. The van der Waals surface area contributed by atoms with Crippen LogP contribution in [0.15, 0.2) is 46.3 Å². The number of pyridine rings is 2. The second-order valence-corrected chi connectivity index (χ2v) is 4.33. The first-order chi connectivity index (χ1) is 8.24. The first kappa shape index (κ1) is 10.2. The molecule has 0 fully saturated rings. The normalized spacial score (nSPS) is 10.9. The molecule has 84 valence electrons. The molecule has 0 bridgehead atoms. The number of hydrogen-bond donors (Lipinski definition) is 1. The van der Waals surface area contributed by atoms with Crippen LogP contribution in [0, 0.1) is 0 Å². The van der Waals surface area contributed by atoms with Crippen LogP contribution in [0.4, 0.5) is 0 Å². The van der Waals surface area contributed by atoms with Gasteiger partial charge < -0.3 is 4.98 Å². The van der Waals surface area contributed by atoms with Crippen LogP contribution < -0.4 is 5.56 Å². The molecule has 3 heterocycles. The molecular weight excluding hydrogens is 284 g/mol. The Morgan fingerprint density at radius 1 is 1.24 bits per heavy atom. The molecule has 0 aliphatic carbocycles. The van der Waals surface area contributed by atoms with E-state index in [1.807, 2.05) is 6.20 Å². The van der Waals surface area contributed by atoms with Crippen molar-refractivity contribution in [3.63, 3.8) is 0 Å². The molecule has 0 saturated heterocycles. The van der Waals surface area contributed by atoms with Crippen molar-refractivity contribution in [2.75, 3.05) is 0 Å². The number of aromatic amines is 1. The molecule has 0 aliphatic rings. The summed E-state index contributed by atoms with van der Waals surface area (Å²) in [4.78, 5) is 22.4. The Morgan fingerprint density at radius 3 is 2.88 bits per heavy atom. The average Bonchev–Trinajstić information content (AvgIpc) is 2.74. The van der Waals surface area contributed by atoms with Gasteiger partial charge in [0, 0.05) is 23.8 Å². The van der Waals surface area contributed by atoms with Crippen LogP contribution in [-0.4, -0.2) is 19.5 Å². The maximum atomic E-state index is 11.2. The zero-order valence-electron chi connectivity index (χ0n) is 8.59. The summed E-state index contributed by atoms with van der Waals surface area (Å²) in [7, 11) is 0. The zero-order valence-corrected chi connectivity index (χ0v) is 10.2. The quantitative estimate of drug-likeness (QED) is 0.744. The number of rotatable bonds is 1. The van der Waals surface area contributed by atoms with Crippen LogP contribution in [0.2, 0.25) is 0 Å². The lowest BCUT2D eigenvalue weighted by atomic mass is 10.2. The van der Waals surface area contributed by atoms with E-state index in [2.05, 4.69) is 30.9 Å². The van der Waals surface area contributed by atoms with Gasteiger partial charge in [0.05, 0.1) is 5.52 Å². The van der Waals surface area contributed by atoms with E-state index in [1.54, 1.807) is 29.2 Å². The van der Waals surface area contributed by atoms with Gasteiger partial charge in [0.25, 0.3) is 0 Å². The summed E-state index contributed by atoms with van der Waals surface area (Å²) in [5, 5.41) is 0.872. The predicted molar refractivity (Wildman–Crippen MR) is 67.2 cm³/mol. The number of H-pyrrole nitrogens is 1. The molecule has 0 aromatic carbocycles. The fraction of sp³-hybridized carbons (Fsp3) is 0. The number of imidazole rings is 1. The molecular formula is C11H7BrN4O. The van der Waals surface area contributed by atoms with Gasteiger partial charge in [-0.15, -0.1) is 0 Å². The Hall–Kier alpha value is -1.95. The van der Waals surface area contributed by atoms with Crippen LogP contribution in [0.5, 0.6) is 0 Å². The molecule has 3 aromatic heterocycles. The van der Waals surface area contributed by atoms with Gasteiger partial charge >= 0.3 is 0 Å². The molecule has 0 atom stereocenters. The number of halogens is 1. The Kier molecular flexibility index (Phi) is 2.29. The molecule has 0 saturated carbocycles. The first-order valence-corrected chi connectivity index (χ1v) is 5.71. The standard InChI is InChI=1S/C11H7BrN4O/c12-9-5-16(6-14-9)11-7-1-2-10(17)15-8(7)3-4-13-11/h1-6H,(H,15,17). The van der Waals surface area contributed by atoms with Crippen molar-refractivity contribution in [1.82, 2.24) is 19.5 Å². The van der Waals surface area contributed by atoms with E-state index in [4.69, 9.17) is 0 Å². The molecule has 0 amide bonds. The van der Waals surface area contributed by atoms with Gasteiger partial charge in [-0.3, -0.25) is 9.36 Å². The highest BCUT2D eigenvalue weighted by molar-refractivity contribution is 9.10. The predicted octanol–water partition coefficient (Wildman–Crippen LogP) is 1.87. The fourth-order valence-corrected chi connectivity index (χ4v) is 2.00. The van der Waals surface area contributed by atoms with E-state index in [0.717, 1.165) is 21.3 Å². The number of fused-ring (bicyclic) bond motifs is 1. The minimum atomic E-state index is -0.124. The molecule has 6 heteroatoms. The van der Waals surface area contributed by atoms with Crippen molar-refractivity contribution < 1.29 is 0 Å². The lowest BCUT2D eigenvalue weighted by Gasteiger charge is -2.04. The highest BCUT2D eigenvalue weighted by atomic mass is 79.9. The first-order valence-electron chi connectivity index (χ1n) is 4.92. The average molecular weight is 291 g/mol. The third kappa shape index (κ3) is 1.76. The smallest absolute Gasteiger partial charge is 0.248 e. The second-order valence-electron chi connectivity index (χ2n) is 3.52. The van der Waals surface area contributed by atoms with E-state index in [1.165, 1.54) is 6.07 Å². The molecule has 1 N–H and O–H groups in total. The largest absolute Gasteiger partial charge is 0.322 e. The topological polar surface area (TPSA) is 63.6 Å². The van der Waals surface area contributed by atoms with Crippen molar-refractivity contribution in [1.29, 1.82) is 0 Å². The van der Waals surface area contributed by atoms with Crippen molar-refractivity contribution in [2.45, 2.75) is 0 Å². The van der Waals surface area contributed by atoms with E-state index < -0.39 is 0 Å². The van der Waals surface area contributed by atoms with Gasteiger partial charge in [-0.25, -0.2) is 9.97 Å². The monoisotopic (exact) mass is 290 g/mol. The number of nitrogens with one attached hydrogen (secondary N) is 1. The van der Waals surface area contributed by atoms with E-state index >= 15 is 0 Å². The zero-order chi connectivity index (χ0) is 11.8. The summed E-state index contributed by atoms with van der Waals surface area (Å²) < 4.78 is 2.53. The third-order valence-electron chi connectivity index (χ3n) is 2.42. The van der Waals surface area contributed by atoms with Gasteiger partial charge in [-0.05, 0) is 28.1 Å². The highest BCUT2D eigenvalue weighted by Crippen LogP contribution is 2.18. The third-order valence-corrected chi connectivity index (χ3v) is 2.83. The second kappa shape index (κ2) is 3.81. The van der Waals surface area contributed by atoms with Gasteiger partial charge in [0.2, 0.25) is 5.56 Å². The molecule has 3 rings (SSSR count). The summed E-state index contributed by atoms with van der Waals surface area (Å²) in [5.41, 5.74) is 0.633. The highest BCUT2D eigenvalue weighted by Gasteiger charge is 2.05. The minimum Gasteiger partial charge on any atom is -0.322 e. The van der Waals surface area contributed by atoms with Gasteiger partial charge in [0.1, 0.15) is 16.7 Å². The van der Waals surface area contributed by atoms with Crippen LogP contribution in [0.1, 0.15) is 0 Å². The molecule has 0 radical (unpaired) electrons. The number of hydrogen-bond acceptors (Lipinski definition) is 3. The number of aromatic nitrogens is 4. The van der Waals surface area contributed by atoms with Crippen LogP contribution >= 0.6 is 15.9 Å². The summed E-state index contributed by atoms with van der Waals surface area (Å²) in [6.45, 7) is 0. The van der Waals surface area contributed by atoms with E-state index in [9.17, 15) is 4.79 Å². The Balaban J connectivity index is 2.33. The summed E-state index contributed by atoms with van der Waals surface area (Å²) in [6.07, 6.45) is 5.13. The molecule has 0 unspecified atom stereocenters. The maximum Gasteiger partial charge on any atom is 0.248 e. The van der Waals surface area contributed by atoms with Crippen LogP contribution in [0.3, 0.4) is 0 Å². The van der Waals surface area contributed by atoms with Crippen molar-refractivity contribution in [2.24, 2.45) is 0 Å². The van der Waals surface area contributed by atoms with E-state index in [-0.39, 0.29) is 5.56 Å². The summed E-state index contributed by atoms with van der Waals surface area (Å²) in [6, 6.07) is 5.01. The Labute approximate surface area is 104 Å². The summed E-state index contributed by atoms with van der Waals surface area (Å²) in [5.74, 6) is 0.733. The van der Waals surface area contributed by atoms with Gasteiger partial charge in [0.15, 0.2) is 0 Å². The van der Waals surface area contributed by atoms with Crippen molar-refractivity contribution in [3.8, 4) is 5.82 Å². The maximum absolute atomic E-state index is 11.2. The Morgan fingerprint density at radius 2 is 2.12 bits per heavy atom. The number of nitrogens with zero attached hydrogens (tertiary/aromatic N) is 3. The van der Waals surface area contributed by atoms with E-state index in [0.29, 0.717) is 0 Å². The summed E-state index contributed by atoms with van der Waals surface area (Å²) >= 11 is 3.29. The molecule has 5 nitrogen and oxygen atoms in total. The minimum absolute atomic E-state index is 0.124. The lowest BCUT2D eigenvalue weighted by molar-refractivity contribution is 1.01. The van der Waals surface area contributed by atoms with Crippen LogP contribution in [0.25, 0.3) is 16.7 Å². The SMILES string of the molecule is O=c1ccc2c(-n3cnc(Br)c3)nccc2[nH]1. The molecule has 0 aliphatic heterocycles. The van der Waals surface area contributed by atoms with Crippen molar-refractivity contribution >= 4 is 26.8 Å². The van der Waals surface area contributed by atoms with Gasteiger partial charge in [-0.1, -0.05) is 0 Å².